The van der Waals surface area contributed by atoms with Crippen molar-refractivity contribution >= 4 is 22.4 Å². The molecule has 1 aliphatic carbocycles. The van der Waals surface area contributed by atoms with Gasteiger partial charge in [0.1, 0.15) is 5.82 Å². The van der Waals surface area contributed by atoms with Gasteiger partial charge in [-0.15, -0.1) is 0 Å². The molecule has 0 N–H and O–H groups in total. The van der Waals surface area contributed by atoms with E-state index < -0.39 is 0 Å². The first-order valence-electron chi connectivity index (χ1n) is 13.4. The monoisotopic (exact) mass is 486 g/mol. The third kappa shape index (κ3) is 4.64. The van der Waals surface area contributed by atoms with Gasteiger partial charge in [0.2, 0.25) is 0 Å². The zero-order chi connectivity index (χ0) is 24.8. The lowest BCUT2D eigenvalue weighted by Crippen LogP contribution is -2.52. The highest BCUT2D eigenvalue weighted by Gasteiger charge is 2.35. The van der Waals surface area contributed by atoms with Crippen LogP contribution in [0.3, 0.4) is 0 Å². The van der Waals surface area contributed by atoms with E-state index in [-0.39, 0.29) is 17.5 Å². The molecule has 5 nitrogen and oxygen atoms in total. The number of pyridine rings is 1. The molecule has 36 heavy (non-hydrogen) atoms. The third-order valence-corrected chi connectivity index (χ3v) is 8.26. The first-order valence-corrected chi connectivity index (χ1v) is 13.4. The molecule has 3 aromatic rings. The number of ketones is 1. The van der Waals surface area contributed by atoms with E-state index in [0.717, 1.165) is 104 Å². The quantitative estimate of drug-likeness (QED) is 0.466. The van der Waals surface area contributed by atoms with Crippen LogP contribution in [0.4, 0.5) is 10.1 Å². The first kappa shape index (κ1) is 23.6. The lowest BCUT2D eigenvalue weighted by molar-refractivity contribution is 0.0963. The molecule has 2 saturated heterocycles. The van der Waals surface area contributed by atoms with Crippen LogP contribution in [0.2, 0.25) is 0 Å². The number of rotatable bonds is 5. The normalized spacial score (nSPS) is 20.2. The van der Waals surface area contributed by atoms with Gasteiger partial charge in [-0.2, -0.15) is 0 Å². The smallest absolute Gasteiger partial charge is 0.169 e. The van der Waals surface area contributed by atoms with Crippen molar-refractivity contribution < 1.29 is 9.18 Å². The Bertz CT molecular complexity index is 1270. The van der Waals surface area contributed by atoms with Crippen LogP contribution in [0.25, 0.3) is 22.0 Å². The summed E-state index contributed by atoms with van der Waals surface area (Å²) >= 11 is 0. The number of Topliss-reactive ketones (excluding diaryl/α,β-unsaturated/α-hetero) is 1. The number of hydrogen-bond donors (Lipinski definition) is 0. The summed E-state index contributed by atoms with van der Waals surface area (Å²) in [6, 6.07) is 11.9. The molecule has 2 aliphatic heterocycles. The Kier molecular flexibility index (Phi) is 6.26. The molecule has 3 aliphatic rings. The fraction of sp³-hybridized carbons (Fsp3) is 0.467. The molecule has 6 rings (SSSR count). The minimum Gasteiger partial charge on any atom is -0.370 e. The predicted octanol–water partition coefficient (Wildman–Crippen LogP) is 5.16. The van der Waals surface area contributed by atoms with Gasteiger partial charge >= 0.3 is 0 Å². The van der Waals surface area contributed by atoms with Crippen molar-refractivity contribution in [3.8, 4) is 11.1 Å². The zero-order valence-corrected chi connectivity index (χ0v) is 21.3. The van der Waals surface area contributed by atoms with Gasteiger partial charge in [-0.25, -0.2) is 4.39 Å². The molecule has 0 spiro atoms. The maximum Gasteiger partial charge on any atom is 0.169 e. The first-order chi connectivity index (χ1) is 17.5. The van der Waals surface area contributed by atoms with Gasteiger partial charge in [-0.1, -0.05) is 12.1 Å². The SMILES string of the molecule is Cc1cc(F)cc(-c2ccc3ncc(C(=O)C4CC4)c(N4CCC(N5CCN(C)CC5)CC4)c3c2)c1. The molecule has 0 amide bonds. The molecular weight excluding hydrogens is 451 g/mol. The van der Waals surface area contributed by atoms with Crippen LogP contribution in [-0.4, -0.2) is 72.9 Å². The number of fused-ring (bicyclic) bond motifs is 1. The standard InChI is InChI=1S/C30H35FN4O/c1-20-15-23(17-24(31)16-20)22-5-6-28-26(18-22)29(27(19-32-28)30(36)21-3-4-21)35-9-7-25(8-10-35)34-13-11-33(2)12-14-34/h5-6,15-19,21,25H,3-4,7-14H2,1-2H3. The second-order valence-corrected chi connectivity index (χ2v) is 11.0. The molecule has 3 fully saturated rings. The number of halogens is 1. The number of hydrogen-bond acceptors (Lipinski definition) is 5. The number of piperazine rings is 1. The molecule has 0 bridgehead atoms. The van der Waals surface area contributed by atoms with E-state index in [9.17, 15) is 9.18 Å². The Labute approximate surface area is 212 Å². The van der Waals surface area contributed by atoms with E-state index in [0.29, 0.717) is 6.04 Å². The van der Waals surface area contributed by atoms with Gasteiger partial charge in [0.25, 0.3) is 0 Å². The Balaban J connectivity index is 1.36. The van der Waals surface area contributed by atoms with Gasteiger partial charge < -0.3 is 9.80 Å². The summed E-state index contributed by atoms with van der Waals surface area (Å²) < 4.78 is 14.2. The van der Waals surface area contributed by atoms with Crippen LogP contribution in [0.1, 0.15) is 41.6 Å². The molecular formula is C30H35FN4O. The Morgan fingerprint density at radius 1 is 0.917 bits per heavy atom. The fourth-order valence-corrected chi connectivity index (χ4v) is 5.99. The number of nitrogens with zero attached hydrogens (tertiary/aromatic N) is 4. The summed E-state index contributed by atoms with van der Waals surface area (Å²) in [5.41, 5.74) is 5.38. The molecule has 1 saturated carbocycles. The highest BCUT2D eigenvalue weighted by atomic mass is 19.1. The summed E-state index contributed by atoms with van der Waals surface area (Å²) in [4.78, 5) is 25.6. The van der Waals surface area contributed by atoms with E-state index in [2.05, 4.69) is 27.8 Å². The molecule has 0 atom stereocenters. The number of carbonyl (C=O) groups excluding carboxylic acids is 1. The van der Waals surface area contributed by atoms with E-state index >= 15 is 0 Å². The molecule has 188 valence electrons. The second-order valence-electron chi connectivity index (χ2n) is 11.0. The van der Waals surface area contributed by atoms with Gasteiger partial charge in [0, 0.05) is 62.8 Å². The molecule has 0 unspecified atom stereocenters. The number of carbonyl (C=O) groups is 1. The molecule has 0 radical (unpaired) electrons. The van der Waals surface area contributed by atoms with E-state index in [4.69, 9.17) is 4.98 Å². The number of likely N-dealkylation sites (N-methyl/N-ethyl adjacent to an activating group) is 1. The number of aromatic nitrogens is 1. The van der Waals surface area contributed by atoms with E-state index in [1.165, 1.54) is 0 Å². The average Bonchev–Trinajstić information content (AvgIpc) is 3.73. The summed E-state index contributed by atoms with van der Waals surface area (Å²) in [5.74, 6) is 0.139. The topological polar surface area (TPSA) is 39.7 Å². The van der Waals surface area contributed by atoms with Crippen molar-refractivity contribution in [2.24, 2.45) is 5.92 Å². The Morgan fingerprint density at radius 3 is 2.36 bits per heavy atom. The minimum absolute atomic E-state index is 0.139. The van der Waals surface area contributed by atoms with Crippen LogP contribution in [0.15, 0.2) is 42.6 Å². The lowest BCUT2D eigenvalue weighted by atomic mass is 9.95. The van der Waals surface area contributed by atoms with Crippen LogP contribution >= 0.6 is 0 Å². The summed E-state index contributed by atoms with van der Waals surface area (Å²) in [7, 11) is 2.20. The molecule has 6 heteroatoms. The molecule has 3 heterocycles. The number of aryl methyl sites for hydroxylation is 1. The van der Waals surface area contributed by atoms with Crippen molar-refractivity contribution in [3.63, 3.8) is 0 Å². The van der Waals surface area contributed by atoms with E-state index in [1.54, 1.807) is 18.3 Å². The maximum atomic E-state index is 14.2. The number of anilines is 1. The third-order valence-electron chi connectivity index (χ3n) is 8.26. The second kappa shape index (κ2) is 9.56. The fourth-order valence-electron chi connectivity index (χ4n) is 5.99. The van der Waals surface area contributed by atoms with Gasteiger partial charge in [0.15, 0.2) is 5.78 Å². The van der Waals surface area contributed by atoms with Crippen molar-refractivity contribution in [2.45, 2.75) is 38.6 Å². The summed E-state index contributed by atoms with van der Waals surface area (Å²) in [6.07, 6.45) is 5.96. The zero-order valence-electron chi connectivity index (χ0n) is 21.3. The predicted molar refractivity (Wildman–Crippen MR) is 143 cm³/mol. The van der Waals surface area contributed by atoms with Crippen molar-refractivity contribution in [1.29, 1.82) is 0 Å². The largest absolute Gasteiger partial charge is 0.370 e. The maximum absolute atomic E-state index is 14.2. The average molecular weight is 487 g/mol. The number of piperidine rings is 1. The minimum atomic E-state index is -0.230. The van der Waals surface area contributed by atoms with Gasteiger partial charge in [-0.05, 0) is 80.6 Å². The lowest BCUT2D eigenvalue weighted by Gasteiger charge is -2.43. The van der Waals surface area contributed by atoms with Crippen LogP contribution < -0.4 is 4.90 Å². The Morgan fingerprint density at radius 2 is 1.67 bits per heavy atom. The molecule has 1 aromatic heterocycles. The molecule has 2 aromatic carbocycles. The van der Waals surface area contributed by atoms with Crippen molar-refractivity contribution in [3.05, 3.63) is 59.5 Å². The van der Waals surface area contributed by atoms with E-state index in [1.807, 2.05) is 25.1 Å². The van der Waals surface area contributed by atoms with Gasteiger partial charge in [-0.3, -0.25) is 14.7 Å². The number of benzene rings is 2. The van der Waals surface area contributed by atoms with Gasteiger partial charge in [0.05, 0.1) is 16.8 Å². The summed E-state index contributed by atoms with van der Waals surface area (Å²) in [5, 5.41) is 0.999. The highest BCUT2D eigenvalue weighted by Crippen LogP contribution is 2.40. The Hall–Kier alpha value is -2.83. The van der Waals surface area contributed by atoms with Crippen LogP contribution in [-0.2, 0) is 0 Å². The van der Waals surface area contributed by atoms with Crippen molar-refractivity contribution in [1.82, 2.24) is 14.8 Å². The van der Waals surface area contributed by atoms with Crippen molar-refractivity contribution in [2.75, 3.05) is 51.2 Å². The summed E-state index contributed by atoms with van der Waals surface area (Å²) in [6.45, 7) is 8.34. The van der Waals surface area contributed by atoms with Crippen LogP contribution in [0, 0.1) is 18.7 Å². The van der Waals surface area contributed by atoms with Crippen LogP contribution in [0.5, 0.6) is 0 Å². The highest BCUT2D eigenvalue weighted by molar-refractivity contribution is 6.10.